The summed E-state index contributed by atoms with van der Waals surface area (Å²) in [5.74, 6) is -1.06. The van der Waals surface area contributed by atoms with Gasteiger partial charge in [0.25, 0.3) is 0 Å². The molecule has 0 bridgehead atoms. The van der Waals surface area contributed by atoms with Crippen LogP contribution in [0.2, 0.25) is 5.02 Å². The van der Waals surface area contributed by atoms with Crippen LogP contribution in [0.5, 0.6) is 0 Å². The molecular formula is C23H29ClN2O4. The van der Waals surface area contributed by atoms with Crippen molar-refractivity contribution in [3.8, 4) is 0 Å². The molecule has 2 aromatic rings. The van der Waals surface area contributed by atoms with Crippen molar-refractivity contribution in [3.63, 3.8) is 0 Å². The molecule has 7 heteroatoms. The van der Waals surface area contributed by atoms with Gasteiger partial charge < -0.3 is 24.8 Å². The molecule has 2 atom stereocenters. The van der Waals surface area contributed by atoms with Crippen molar-refractivity contribution < 1.29 is 19.4 Å². The lowest BCUT2D eigenvalue weighted by Crippen LogP contribution is -2.45. The number of hydrogen-bond donors (Lipinski definition) is 2. The fourth-order valence-electron chi connectivity index (χ4n) is 3.84. The molecule has 1 heterocycles. The second kappa shape index (κ2) is 10.7. The monoisotopic (exact) mass is 432 g/mol. The van der Waals surface area contributed by atoms with Gasteiger partial charge in [-0.2, -0.15) is 0 Å². The van der Waals surface area contributed by atoms with Crippen LogP contribution in [0, 0.1) is 0 Å². The molecule has 30 heavy (non-hydrogen) atoms. The summed E-state index contributed by atoms with van der Waals surface area (Å²) in [6, 6.07) is 14.0. The van der Waals surface area contributed by atoms with E-state index in [1.165, 1.54) is 0 Å². The Kier molecular flexibility index (Phi) is 7.96. The lowest BCUT2D eigenvalue weighted by atomic mass is 9.95. The SMILES string of the molecule is CCC1COCCN1c1ccc([C@H](COC)CC(=O)O)cc1Nc1ccc(Cl)cc1. The number of morpholine rings is 1. The van der Waals surface area contributed by atoms with Crippen LogP contribution in [0.25, 0.3) is 0 Å². The van der Waals surface area contributed by atoms with Gasteiger partial charge in [-0.15, -0.1) is 0 Å². The molecule has 0 radical (unpaired) electrons. The molecule has 1 unspecified atom stereocenters. The maximum atomic E-state index is 11.4. The Morgan fingerprint density at radius 2 is 2.10 bits per heavy atom. The third kappa shape index (κ3) is 5.65. The van der Waals surface area contributed by atoms with Crippen LogP contribution >= 0.6 is 11.6 Å². The fourth-order valence-corrected chi connectivity index (χ4v) is 3.97. The highest BCUT2D eigenvalue weighted by Crippen LogP contribution is 2.35. The van der Waals surface area contributed by atoms with Gasteiger partial charge in [-0.05, 0) is 48.4 Å². The minimum Gasteiger partial charge on any atom is -0.481 e. The summed E-state index contributed by atoms with van der Waals surface area (Å²) in [6.45, 7) is 4.70. The molecule has 0 aliphatic carbocycles. The summed E-state index contributed by atoms with van der Waals surface area (Å²) >= 11 is 6.04. The van der Waals surface area contributed by atoms with E-state index in [9.17, 15) is 9.90 Å². The van der Waals surface area contributed by atoms with E-state index in [1.54, 1.807) is 7.11 Å². The second-order valence-electron chi connectivity index (χ2n) is 7.49. The third-order valence-corrected chi connectivity index (χ3v) is 5.66. The molecule has 3 rings (SSSR count). The predicted octanol–water partition coefficient (Wildman–Crippen LogP) is 4.90. The zero-order chi connectivity index (χ0) is 21.5. The smallest absolute Gasteiger partial charge is 0.304 e. The quantitative estimate of drug-likeness (QED) is 0.587. The molecule has 2 aromatic carbocycles. The van der Waals surface area contributed by atoms with Crippen LogP contribution in [0.15, 0.2) is 42.5 Å². The topological polar surface area (TPSA) is 71.0 Å². The fraction of sp³-hybridized carbons (Fsp3) is 0.435. The van der Waals surface area contributed by atoms with Crippen molar-refractivity contribution in [2.24, 2.45) is 0 Å². The number of halogens is 1. The number of nitrogens with zero attached hydrogens (tertiary/aromatic N) is 1. The van der Waals surface area contributed by atoms with Crippen LogP contribution in [0.1, 0.15) is 31.2 Å². The predicted molar refractivity (Wildman–Crippen MR) is 120 cm³/mol. The lowest BCUT2D eigenvalue weighted by molar-refractivity contribution is -0.137. The Bertz CT molecular complexity index is 844. The number of nitrogens with one attached hydrogen (secondary N) is 1. The van der Waals surface area contributed by atoms with Crippen LogP contribution in [0.4, 0.5) is 17.1 Å². The van der Waals surface area contributed by atoms with E-state index in [4.69, 9.17) is 21.1 Å². The first-order chi connectivity index (χ1) is 14.5. The van der Waals surface area contributed by atoms with Gasteiger partial charge in [-0.25, -0.2) is 0 Å². The van der Waals surface area contributed by atoms with E-state index in [0.717, 1.165) is 35.6 Å². The number of carbonyl (C=O) groups is 1. The maximum absolute atomic E-state index is 11.4. The molecule has 0 saturated carbocycles. The number of aliphatic carboxylic acids is 1. The summed E-state index contributed by atoms with van der Waals surface area (Å²) in [5, 5.41) is 13.5. The van der Waals surface area contributed by atoms with E-state index in [0.29, 0.717) is 30.9 Å². The Morgan fingerprint density at radius 1 is 1.33 bits per heavy atom. The van der Waals surface area contributed by atoms with Crippen LogP contribution < -0.4 is 10.2 Å². The molecule has 1 aliphatic rings. The van der Waals surface area contributed by atoms with Crippen LogP contribution in [-0.4, -0.2) is 50.6 Å². The van der Waals surface area contributed by atoms with E-state index in [2.05, 4.69) is 23.2 Å². The minimum absolute atomic E-state index is 0.0166. The highest BCUT2D eigenvalue weighted by Gasteiger charge is 2.25. The zero-order valence-corrected chi connectivity index (χ0v) is 18.2. The third-order valence-electron chi connectivity index (χ3n) is 5.41. The highest BCUT2D eigenvalue weighted by atomic mass is 35.5. The van der Waals surface area contributed by atoms with Gasteiger partial charge in [-0.1, -0.05) is 24.6 Å². The van der Waals surface area contributed by atoms with Gasteiger partial charge in [-0.3, -0.25) is 4.79 Å². The summed E-state index contributed by atoms with van der Waals surface area (Å²) in [4.78, 5) is 13.7. The Hall–Kier alpha value is -2.28. The molecular weight excluding hydrogens is 404 g/mol. The number of methoxy groups -OCH3 is 1. The first kappa shape index (κ1) is 22.4. The molecule has 0 aromatic heterocycles. The molecule has 0 spiro atoms. The number of ether oxygens (including phenoxy) is 2. The molecule has 162 valence electrons. The maximum Gasteiger partial charge on any atom is 0.304 e. The largest absolute Gasteiger partial charge is 0.481 e. The molecule has 1 saturated heterocycles. The molecule has 6 nitrogen and oxygen atoms in total. The van der Waals surface area contributed by atoms with Crippen molar-refractivity contribution >= 4 is 34.6 Å². The van der Waals surface area contributed by atoms with Gasteiger partial charge >= 0.3 is 5.97 Å². The first-order valence-electron chi connectivity index (χ1n) is 10.2. The average Bonchev–Trinajstić information content (AvgIpc) is 2.75. The van der Waals surface area contributed by atoms with Crippen molar-refractivity contribution in [2.45, 2.75) is 31.7 Å². The number of carboxylic acids is 1. The second-order valence-corrected chi connectivity index (χ2v) is 7.93. The number of benzene rings is 2. The highest BCUT2D eigenvalue weighted by molar-refractivity contribution is 6.30. The molecule has 1 fully saturated rings. The normalized spacial score (nSPS) is 17.6. The number of hydrogen-bond acceptors (Lipinski definition) is 5. The van der Waals surface area contributed by atoms with Gasteiger partial charge in [0.1, 0.15) is 0 Å². The summed E-state index contributed by atoms with van der Waals surface area (Å²) < 4.78 is 11.0. The van der Waals surface area contributed by atoms with E-state index >= 15 is 0 Å². The van der Waals surface area contributed by atoms with Gasteiger partial charge in [0.05, 0.1) is 43.7 Å². The van der Waals surface area contributed by atoms with Crippen molar-refractivity contribution in [3.05, 3.63) is 53.1 Å². The van der Waals surface area contributed by atoms with E-state index in [1.807, 2.05) is 36.4 Å². The van der Waals surface area contributed by atoms with Gasteiger partial charge in [0, 0.05) is 30.3 Å². The van der Waals surface area contributed by atoms with Crippen molar-refractivity contribution in [1.29, 1.82) is 0 Å². The zero-order valence-electron chi connectivity index (χ0n) is 17.4. The Balaban J connectivity index is 1.99. The van der Waals surface area contributed by atoms with Gasteiger partial charge in [0.2, 0.25) is 0 Å². The van der Waals surface area contributed by atoms with Crippen molar-refractivity contribution in [1.82, 2.24) is 0 Å². The molecule has 1 aliphatic heterocycles. The number of anilines is 3. The minimum atomic E-state index is -0.840. The van der Waals surface area contributed by atoms with Crippen LogP contribution in [-0.2, 0) is 14.3 Å². The van der Waals surface area contributed by atoms with Crippen molar-refractivity contribution in [2.75, 3.05) is 43.7 Å². The lowest BCUT2D eigenvalue weighted by Gasteiger charge is -2.38. The Labute approximate surface area is 182 Å². The number of rotatable bonds is 9. The average molecular weight is 433 g/mol. The Morgan fingerprint density at radius 3 is 2.77 bits per heavy atom. The van der Waals surface area contributed by atoms with E-state index in [-0.39, 0.29) is 12.3 Å². The van der Waals surface area contributed by atoms with Gasteiger partial charge in [0.15, 0.2) is 0 Å². The van der Waals surface area contributed by atoms with Crippen LogP contribution in [0.3, 0.4) is 0 Å². The molecule has 0 amide bonds. The standard InChI is InChI=1S/C23H29ClN2O4/c1-3-20-15-30-11-10-26(20)22-9-4-16(17(14-29-2)13-23(27)28)12-21(22)25-19-7-5-18(24)6-8-19/h4-9,12,17,20,25H,3,10-11,13-15H2,1-2H3,(H,27,28)/t17-,20?/m0/s1. The number of carboxylic acid groups (broad SMARTS) is 1. The first-order valence-corrected chi connectivity index (χ1v) is 10.6. The summed E-state index contributed by atoms with van der Waals surface area (Å²) in [6.07, 6.45) is 0.996. The summed E-state index contributed by atoms with van der Waals surface area (Å²) in [7, 11) is 1.59. The molecule has 2 N–H and O–H groups in total. The summed E-state index contributed by atoms with van der Waals surface area (Å²) in [5.41, 5.74) is 3.86. The van der Waals surface area contributed by atoms with E-state index < -0.39 is 5.97 Å².